The largest absolute Gasteiger partial charge is 0.416 e. The molecule has 0 radical (unpaired) electrons. The number of rotatable bonds is 6. The molecule has 0 aliphatic heterocycles. The summed E-state index contributed by atoms with van der Waals surface area (Å²) in [7, 11) is 0. The van der Waals surface area contributed by atoms with E-state index in [-0.39, 0.29) is 41.4 Å². The molecule has 0 bridgehead atoms. The van der Waals surface area contributed by atoms with Crippen LogP contribution < -0.4 is 10.6 Å². The molecule has 2 aromatic heterocycles. The molecule has 0 saturated carbocycles. The SMILES string of the molecule is Cc1ccc(NC(=O)c2cc(C(C)NC(=O)c3cc(C#CCCO)ncn3)no2)cc1C(F)(F)F. The third-order valence-electron chi connectivity index (χ3n) is 4.70. The van der Waals surface area contributed by atoms with Crippen molar-refractivity contribution in [1.82, 2.24) is 20.4 Å². The number of benzene rings is 1. The first-order chi connectivity index (χ1) is 16.6. The van der Waals surface area contributed by atoms with Gasteiger partial charge in [0, 0.05) is 24.2 Å². The van der Waals surface area contributed by atoms with Crippen LogP contribution in [0.25, 0.3) is 0 Å². The minimum atomic E-state index is -4.56. The number of hydrogen-bond donors (Lipinski definition) is 3. The summed E-state index contributed by atoms with van der Waals surface area (Å²) >= 11 is 0. The quantitative estimate of drug-likeness (QED) is 0.455. The molecule has 2 heterocycles. The number of nitrogens with zero attached hydrogens (tertiary/aromatic N) is 3. The highest BCUT2D eigenvalue weighted by atomic mass is 19.4. The lowest BCUT2D eigenvalue weighted by Gasteiger charge is -2.12. The summed E-state index contributed by atoms with van der Waals surface area (Å²) in [5.41, 5.74) is -0.348. The summed E-state index contributed by atoms with van der Waals surface area (Å²) < 4.78 is 44.3. The molecule has 0 aliphatic carbocycles. The lowest BCUT2D eigenvalue weighted by Crippen LogP contribution is -2.27. The van der Waals surface area contributed by atoms with E-state index in [2.05, 4.69) is 37.6 Å². The Labute approximate surface area is 197 Å². The van der Waals surface area contributed by atoms with Gasteiger partial charge in [0.1, 0.15) is 23.4 Å². The fourth-order valence-corrected chi connectivity index (χ4v) is 2.90. The van der Waals surface area contributed by atoms with Crippen molar-refractivity contribution in [3.05, 3.63) is 70.6 Å². The predicted molar refractivity (Wildman–Crippen MR) is 117 cm³/mol. The van der Waals surface area contributed by atoms with Gasteiger partial charge in [-0.2, -0.15) is 13.2 Å². The van der Waals surface area contributed by atoms with Crippen LogP contribution in [0.5, 0.6) is 0 Å². The number of nitrogens with one attached hydrogen (secondary N) is 2. The smallest absolute Gasteiger partial charge is 0.395 e. The van der Waals surface area contributed by atoms with Crippen LogP contribution in [0, 0.1) is 18.8 Å². The van der Waals surface area contributed by atoms with E-state index in [0.29, 0.717) is 5.69 Å². The number of aryl methyl sites for hydroxylation is 1. The van der Waals surface area contributed by atoms with Gasteiger partial charge in [-0.05, 0) is 37.5 Å². The Hall–Kier alpha value is -4.24. The lowest BCUT2D eigenvalue weighted by atomic mass is 10.1. The van der Waals surface area contributed by atoms with E-state index in [1.165, 1.54) is 37.5 Å². The second-order valence-electron chi connectivity index (χ2n) is 7.36. The van der Waals surface area contributed by atoms with Crippen molar-refractivity contribution in [2.45, 2.75) is 32.5 Å². The highest BCUT2D eigenvalue weighted by Gasteiger charge is 2.32. The third kappa shape index (κ3) is 6.64. The van der Waals surface area contributed by atoms with Crippen LogP contribution in [0.4, 0.5) is 18.9 Å². The fourth-order valence-electron chi connectivity index (χ4n) is 2.90. The summed E-state index contributed by atoms with van der Waals surface area (Å²) in [6, 6.07) is 5.38. The number of alkyl halides is 3. The van der Waals surface area contributed by atoms with E-state index < -0.39 is 29.6 Å². The Bertz CT molecular complexity index is 1290. The molecule has 3 aromatic rings. The van der Waals surface area contributed by atoms with Gasteiger partial charge in [0.05, 0.1) is 18.2 Å². The van der Waals surface area contributed by atoms with Gasteiger partial charge in [0.25, 0.3) is 11.8 Å². The zero-order chi connectivity index (χ0) is 25.6. The second kappa shape index (κ2) is 10.8. The van der Waals surface area contributed by atoms with Gasteiger partial charge in [-0.1, -0.05) is 17.1 Å². The van der Waals surface area contributed by atoms with Crippen LogP contribution >= 0.6 is 0 Å². The molecule has 1 unspecified atom stereocenters. The monoisotopic (exact) mass is 487 g/mol. The van der Waals surface area contributed by atoms with E-state index in [1.54, 1.807) is 6.92 Å². The first-order valence-corrected chi connectivity index (χ1v) is 10.3. The molecule has 182 valence electrons. The number of aromatic nitrogens is 3. The second-order valence-corrected chi connectivity index (χ2v) is 7.36. The molecule has 9 nitrogen and oxygen atoms in total. The molecule has 3 N–H and O–H groups in total. The maximum atomic E-state index is 13.1. The number of anilines is 1. The van der Waals surface area contributed by atoms with Crippen LogP contribution in [-0.2, 0) is 6.18 Å². The number of halogens is 3. The molecule has 1 aromatic carbocycles. The minimum Gasteiger partial charge on any atom is -0.395 e. The van der Waals surface area contributed by atoms with E-state index >= 15 is 0 Å². The number of hydrogen-bond acceptors (Lipinski definition) is 7. The molecule has 0 aliphatic rings. The predicted octanol–water partition coefficient (Wildman–Crippen LogP) is 3.27. The average molecular weight is 487 g/mol. The average Bonchev–Trinajstić information content (AvgIpc) is 3.31. The number of aliphatic hydroxyl groups excluding tert-OH is 1. The number of amides is 2. The number of carbonyl (C=O) groups excluding carboxylic acids is 2. The third-order valence-corrected chi connectivity index (χ3v) is 4.70. The topological polar surface area (TPSA) is 130 Å². The van der Waals surface area contributed by atoms with Crippen molar-refractivity contribution in [3.63, 3.8) is 0 Å². The van der Waals surface area contributed by atoms with E-state index in [1.807, 2.05) is 0 Å². The molecular weight excluding hydrogens is 467 g/mol. The summed E-state index contributed by atoms with van der Waals surface area (Å²) in [5.74, 6) is 3.78. The number of carbonyl (C=O) groups is 2. The summed E-state index contributed by atoms with van der Waals surface area (Å²) in [5, 5.41) is 17.5. The van der Waals surface area contributed by atoms with Crippen molar-refractivity contribution in [2.75, 3.05) is 11.9 Å². The first-order valence-electron chi connectivity index (χ1n) is 10.3. The molecule has 0 saturated heterocycles. The van der Waals surface area contributed by atoms with Crippen LogP contribution in [0.15, 0.2) is 41.2 Å². The van der Waals surface area contributed by atoms with Crippen molar-refractivity contribution < 1.29 is 32.4 Å². The Kier molecular flexibility index (Phi) is 7.83. The van der Waals surface area contributed by atoms with E-state index in [9.17, 15) is 22.8 Å². The lowest BCUT2D eigenvalue weighted by molar-refractivity contribution is -0.138. The minimum absolute atomic E-state index is 0.0232. The number of aliphatic hydroxyl groups is 1. The maximum absolute atomic E-state index is 13.1. The van der Waals surface area contributed by atoms with E-state index in [4.69, 9.17) is 9.63 Å². The molecule has 12 heteroatoms. The summed E-state index contributed by atoms with van der Waals surface area (Å²) in [6.45, 7) is 2.82. The Morgan fingerprint density at radius 3 is 2.66 bits per heavy atom. The van der Waals surface area contributed by atoms with Gasteiger partial charge in [-0.15, -0.1) is 0 Å². The van der Waals surface area contributed by atoms with Crippen LogP contribution in [-0.4, -0.2) is 38.7 Å². The van der Waals surface area contributed by atoms with Gasteiger partial charge in [0.15, 0.2) is 0 Å². The van der Waals surface area contributed by atoms with Gasteiger partial charge >= 0.3 is 6.18 Å². The highest BCUT2D eigenvalue weighted by Crippen LogP contribution is 2.33. The molecule has 3 rings (SSSR count). The Balaban J connectivity index is 1.66. The standard InChI is InChI=1S/C23H20F3N5O4/c1-13-6-7-16(9-17(13)23(24,25)26)30-22(34)20-11-18(31-35-20)14(2)29-21(33)19-10-15(27-12-28-19)5-3-4-8-32/h6-7,9-12,14,32H,4,8H2,1-2H3,(H,29,33)(H,30,34). The zero-order valence-corrected chi connectivity index (χ0v) is 18.6. The Morgan fingerprint density at radius 1 is 1.17 bits per heavy atom. The van der Waals surface area contributed by atoms with Crippen molar-refractivity contribution in [3.8, 4) is 11.8 Å². The summed E-state index contributed by atoms with van der Waals surface area (Å²) in [4.78, 5) is 32.8. The van der Waals surface area contributed by atoms with Gasteiger partial charge < -0.3 is 20.3 Å². The van der Waals surface area contributed by atoms with Crippen molar-refractivity contribution in [2.24, 2.45) is 0 Å². The fraction of sp³-hybridized carbons (Fsp3) is 0.261. The van der Waals surface area contributed by atoms with Gasteiger partial charge in [-0.3, -0.25) is 9.59 Å². The normalized spacial score (nSPS) is 11.8. The molecular formula is C23H20F3N5O4. The molecule has 35 heavy (non-hydrogen) atoms. The van der Waals surface area contributed by atoms with E-state index in [0.717, 1.165) is 6.07 Å². The molecule has 1 atom stereocenters. The molecule has 0 spiro atoms. The van der Waals surface area contributed by atoms with Crippen LogP contribution in [0.1, 0.15) is 62.9 Å². The first kappa shape index (κ1) is 25.4. The van der Waals surface area contributed by atoms with Crippen molar-refractivity contribution in [1.29, 1.82) is 0 Å². The van der Waals surface area contributed by atoms with Crippen LogP contribution in [0.2, 0.25) is 0 Å². The van der Waals surface area contributed by atoms with Crippen molar-refractivity contribution >= 4 is 17.5 Å². The highest BCUT2D eigenvalue weighted by molar-refractivity contribution is 6.02. The molecule has 0 fully saturated rings. The van der Waals surface area contributed by atoms with Gasteiger partial charge in [-0.25, -0.2) is 9.97 Å². The summed E-state index contributed by atoms with van der Waals surface area (Å²) in [6.07, 6.45) is -3.12. The molecule has 2 amide bonds. The maximum Gasteiger partial charge on any atom is 0.416 e. The zero-order valence-electron chi connectivity index (χ0n) is 18.6. The Morgan fingerprint density at radius 2 is 1.94 bits per heavy atom. The van der Waals surface area contributed by atoms with Gasteiger partial charge in [0.2, 0.25) is 5.76 Å². The van der Waals surface area contributed by atoms with Crippen LogP contribution in [0.3, 0.4) is 0 Å².